The van der Waals surface area contributed by atoms with Crippen molar-refractivity contribution in [1.29, 1.82) is 0 Å². The Hall–Kier alpha value is -1.30. The summed E-state index contributed by atoms with van der Waals surface area (Å²) < 4.78 is 27.4. The van der Waals surface area contributed by atoms with E-state index in [1.807, 2.05) is 0 Å². The van der Waals surface area contributed by atoms with Crippen LogP contribution in [0, 0.1) is 11.6 Å². The summed E-state index contributed by atoms with van der Waals surface area (Å²) in [5.41, 5.74) is 0.606. The van der Waals surface area contributed by atoms with Crippen LogP contribution < -0.4 is 0 Å². The van der Waals surface area contributed by atoms with Gasteiger partial charge in [0, 0.05) is 17.0 Å². The molecule has 0 saturated heterocycles. The molecule has 1 aromatic heterocycles. The van der Waals surface area contributed by atoms with Crippen LogP contribution in [0.5, 0.6) is 0 Å². The fourth-order valence-electron chi connectivity index (χ4n) is 1.88. The van der Waals surface area contributed by atoms with Crippen molar-refractivity contribution in [2.45, 2.75) is 0 Å². The fourth-order valence-corrected chi connectivity index (χ4v) is 2.67. The van der Waals surface area contributed by atoms with Crippen LogP contribution in [0.4, 0.5) is 8.78 Å². The molecule has 0 aliphatic carbocycles. The van der Waals surface area contributed by atoms with Gasteiger partial charge in [0.25, 0.3) is 0 Å². The van der Waals surface area contributed by atoms with Gasteiger partial charge in [-0.15, -0.1) is 0 Å². The van der Waals surface area contributed by atoms with Gasteiger partial charge in [-0.1, -0.05) is 29.3 Å². The zero-order chi connectivity index (χ0) is 15.1. The van der Waals surface area contributed by atoms with Crippen molar-refractivity contribution >= 4 is 50.0 Å². The van der Waals surface area contributed by atoms with E-state index in [0.717, 1.165) is 0 Å². The predicted molar refractivity (Wildman–Crippen MR) is 82.6 cm³/mol. The molecule has 0 radical (unpaired) electrons. The maximum atomic E-state index is 13.6. The molecular formula is C14H5BrCl2F2N2. The standard InChI is InChI=1S/C14H5BrCl2F2N2/c15-8-4-7-11(5-10(8)19)20-14(21-13(7)17)6-2-1-3-9(18)12(6)16/h1-5H. The van der Waals surface area contributed by atoms with Crippen LogP contribution in [0.3, 0.4) is 0 Å². The third-order valence-corrected chi connectivity index (χ3v) is 4.16. The van der Waals surface area contributed by atoms with E-state index in [-0.39, 0.29) is 20.5 Å². The monoisotopic (exact) mass is 388 g/mol. The van der Waals surface area contributed by atoms with Crippen molar-refractivity contribution in [3.8, 4) is 11.4 Å². The molecule has 0 fully saturated rings. The molecule has 0 spiro atoms. The summed E-state index contributed by atoms with van der Waals surface area (Å²) in [5.74, 6) is -0.928. The van der Waals surface area contributed by atoms with Crippen LogP contribution in [0.1, 0.15) is 0 Å². The van der Waals surface area contributed by atoms with Crippen LogP contribution in [0.15, 0.2) is 34.8 Å². The molecule has 7 heteroatoms. The fraction of sp³-hybridized carbons (Fsp3) is 0. The first-order valence-corrected chi connectivity index (χ1v) is 7.29. The molecule has 2 aromatic carbocycles. The van der Waals surface area contributed by atoms with E-state index in [4.69, 9.17) is 23.2 Å². The Morgan fingerprint density at radius 3 is 2.52 bits per heavy atom. The highest BCUT2D eigenvalue weighted by Gasteiger charge is 2.14. The van der Waals surface area contributed by atoms with Crippen molar-refractivity contribution < 1.29 is 8.78 Å². The molecule has 0 unspecified atom stereocenters. The van der Waals surface area contributed by atoms with Gasteiger partial charge in [-0.05, 0) is 34.1 Å². The third-order valence-electron chi connectivity index (χ3n) is 2.88. The Balaban J connectivity index is 2.30. The molecule has 3 rings (SSSR count). The Labute approximate surface area is 136 Å². The minimum absolute atomic E-state index is 0.106. The molecule has 0 aliphatic rings. The van der Waals surface area contributed by atoms with Crippen LogP contribution in [-0.4, -0.2) is 9.97 Å². The predicted octanol–water partition coefficient (Wildman–Crippen LogP) is 5.64. The number of hydrogen-bond donors (Lipinski definition) is 0. The van der Waals surface area contributed by atoms with Gasteiger partial charge in [-0.2, -0.15) is 0 Å². The van der Waals surface area contributed by atoms with Gasteiger partial charge in [-0.3, -0.25) is 0 Å². The van der Waals surface area contributed by atoms with E-state index < -0.39 is 11.6 Å². The van der Waals surface area contributed by atoms with Crippen molar-refractivity contribution in [3.63, 3.8) is 0 Å². The van der Waals surface area contributed by atoms with Crippen molar-refractivity contribution in [2.24, 2.45) is 0 Å². The largest absolute Gasteiger partial charge is 0.228 e. The summed E-state index contributed by atoms with van der Waals surface area (Å²) in [6, 6.07) is 7.00. The van der Waals surface area contributed by atoms with Crippen molar-refractivity contribution in [2.75, 3.05) is 0 Å². The van der Waals surface area contributed by atoms with Crippen molar-refractivity contribution in [1.82, 2.24) is 9.97 Å². The normalized spacial score (nSPS) is 11.1. The minimum atomic E-state index is -0.587. The molecule has 21 heavy (non-hydrogen) atoms. The smallest absolute Gasteiger partial charge is 0.163 e. The maximum absolute atomic E-state index is 13.6. The average molecular weight is 390 g/mol. The van der Waals surface area contributed by atoms with E-state index in [9.17, 15) is 8.78 Å². The first-order chi connectivity index (χ1) is 9.97. The van der Waals surface area contributed by atoms with Gasteiger partial charge in [0.05, 0.1) is 15.0 Å². The van der Waals surface area contributed by atoms with Gasteiger partial charge >= 0.3 is 0 Å². The number of rotatable bonds is 1. The Morgan fingerprint density at radius 2 is 1.76 bits per heavy atom. The molecular weight excluding hydrogens is 385 g/mol. The molecule has 106 valence electrons. The summed E-state index contributed by atoms with van der Waals surface area (Å²) in [6.07, 6.45) is 0. The van der Waals surface area contributed by atoms with E-state index in [0.29, 0.717) is 16.5 Å². The lowest BCUT2D eigenvalue weighted by Gasteiger charge is -2.07. The summed E-state index contributed by atoms with van der Waals surface area (Å²) in [4.78, 5) is 8.31. The highest BCUT2D eigenvalue weighted by Crippen LogP contribution is 2.32. The molecule has 0 N–H and O–H groups in total. The van der Waals surface area contributed by atoms with E-state index in [2.05, 4.69) is 25.9 Å². The van der Waals surface area contributed by atoms with Gasteiger partial charge in [0.1, 0.15) is 16.8 Å². The summed E-state index contributed by atoms with van der Waals surface area (Å²) in [5, 5.41) is 0.516. The van der Waals surface area contributed by atoms with E-state index in [1.165, 1.54) is 24.3 Å². The van der Waals surface area contributed by atoms with Gasteiger partial charge in [0.15, 0.2) is 5.82 Å². The number of halogens is 5. The quantitative estimate of drug-likeness (QED) is 0.503. The Morgan fingerprint density at radius 1 is 1.00 bits per heavy atom. The molecule has 0 saturated carbocycles. The number of benzene rings is 2. The van der Waals surface area contributed by atoms with E-state index in [1.54, 1.807) is 6.07 Å². The SMILES string of the molecule is Fc1cc2nc(-c3cccc(F)c3Cl)nc(Cl)c2cc1Br. The zero-order valence-electron chi connectivity index (χ0n) is 10.2. The zero-order valence-corrected chi connectivity index (χ0v) is 13.3. The second kappa shape index (κ2) is 5.48. The number of fused-ring (bicyclic) bond motifs is 1. The highest BCUT2D eigenvalue weighted by atomic mass is 79.9. The number of hydrogen-bond acceptors (Lipinski definition) is 2. The molecule has 0 atom stereocenters. The highest BCUT2D eigenvalue weighted by molar-refractivity contribution is 9.10. The van der Waals surface area contributed by atoms with Crippen LogP contribution in [0.25, 0.3) is 22.3 Å². The number of aromatic nitrogens is 2. The van der Waals surface area contributed by atoms with E-state index >= 15 is 0 Å². The lowest BCUT2D eigenvalue weighted by atomic mass is 10.2. The average Bonchev–Trinajstić information content (AvgIpc) is 2.44. The third kappa shape index (κ3) is 2.61. The van der Waals surface area contributed by atoms with Crippen LogP contribution >= 0.6 is 39.1 Å². The second-order valence-corrected chi connectivity index (χ2v) is 5.81. The number of nitrogens with zero attached hydrogens (tertiary/aromatic N) is 2. The molecule has 2 nitrogen and oxygen atoms in total. The van der Waals surface area contributed by atoms with Crippen LogP contribution in [-0.2, 0) is 0 Å². The summed E-state index contributed by atoms with van der Waals surface area (Å²) >= 11 is 15.1. The molecule has 0 amide bonds. The lowest BCUT2D eigenvalue weighted by molar-refractivity contribution is 0.622. The Bertz CT molecular complexity index is 871. The van der Waals surface area contributed by atoms with Crippen LogP contribution in [0.2, 0.25) is 10.2 Å². The maximum Gasteiger partial charge on any atom is 0.163 e. The van der Waals surface area contributed by atoms with Crippen molar-refractivity contribution in [3.05, 3.63) is 56.6 Å². The first-order valence-electron chi connectivity index (χ1n) is 5.74. The topological polar surface area (TPSA) is 25.8 Å². The molecule has 3 aromatic rings. The lowest BCUT2D eigenvalue weighted by Crippen LogP contribution is -1.94. The molecule has 0 bridgehead atoms. The second-order valence-electron chi connectivity index (χ2n) is 4.22. The summed E-state index contributed by atoms with van der Waals surface area (Å²) in [7, 11) is 0. The minimum Gasteiger partial charge on any atom is -0.228 e. The van der Waals surface area contributed by atoms with Gasteiger partial charge < -0.3 is 0 Å². The summed E-state index contributed by atoms with van der Waals surface area (Å²) in [6.45, 7) is 0. The Kier molecular flexibility index (Phi) is 3.82. The molecule has 1 heterocycles. The van der Waals surface area contributed by atoms with Gasteiger partial charge in [0.2, 0.25) is 0 Å². The first kappa shape index (κ1) is 14.6. The van der Waals surface area contributed by atoms with Gasteiger partial charge in [-0.25, -0.2) is 18.7 Å². The molecule has 0 aliphatic heterocycles.